The van der Waals surface area contributed by atoms with Crippen molar-refractivity contribution >= 4 is 15.8 Å². The van der Waals surface area contributed by atoms with Crippen LogP contribution in [0.2, 0.25) is 0 Å². The van der Waals surface area contributed by atoms with Crippen LogP contribution < -0.4 is 5.32 Å². The molecular formula is C14H24N4O3S. The second-order valence-corrected chi connectivity index (χ2v) is 8.00. The fourth-order valence-corrected chi connectivity index (χ4v) is 3.56. The van der Waals surface area contributed by atoms with E-state index in [0.29, 0.717) is 13.2 Å². The van der Waals surface area contributed by atoms with E-state index < -0.39 is 10.0 Å². The van der Waals surface area contributed by atoms with Crippen LogP contribution in [0.15, 0.2) is 6.07 Å². The van der Waals surface area contributed by atoms with Crippen LogP contribution >= 0.6 is 0 Å². The monoisotopic (exact) mass is 328 g/mol. The lowest BCUT2D eigenvalue weighted by molar-refractivity contribution is 0.187. The molecule has 1 N–H and O–H groups in total. The van der Waals surface area contributed by atoms with E-state index in [9.17, 15) is 8.42 Å². The summed E-state index contributed by atoms with van der Waals surface area (Å²) >= 11 is 0. The molecule has 0 saturated carbocycles. The minimum atomic E-state index is -3.25. The van der Waals surface area contributed by atoms with Gasteiger partial charge >= 0.3 is 0 Å². The van der Waals surface area contributed by atoms with E-state index in [4.69, 9.17) is 4.74 Å². The summed E-state index contributed by atoms with van der Waals surface area (Å²) in [5.74, 6) is 1.49. The molecule has 0 amide bonds. The number of sulfonamides is 1. The Hall–Kier alpha value is -1.25. The highest BCUT2D eigenvalue weighted by Gasteiger charge is 2.33. The average molecular weight is 328 g/mol. The first-order valence-corrected chi connectivity index (χ1v) is 9.01. The third kappa shape index (κ3) is 4.15. The van der Waals surface area contributed by atoms with Gasteiger partial charge in [-0.3, -0.25) is 0 Å². The van der Waals surface area contributed by atoms with Crippen molar-refractivity contribution in [3.8, 4) is 0 Å². The third-order valence-corrected chi connectivity index (χ3v) is 5.69. The van der Waals surface area contributed by atoms with Gasteiger partial charge in [0.05, 0.1) is 25.0 Å². The molecule has 0 unspecified atom stereocenters. The lowest BCUT2D eigenvalue weighted by Crippen LogP contribution is -2.37. The first-order chi connectivity index (χ1) is 10.3. The topological polar surface area (TPSA) is 84.4 Å². The number of aryl methyl sites for hydroxylation is 2. The van der Waals surface area contributed by atoms with E-state index in [1.807, 2.05) is 19.9 Å². The molecule has 1 saturated heterocycles. The van der Waals surface area contributed by atoms with Crippen molar-refractivity contribution in [1.29, 1.82) is 0 Å². The second-order valence-electron chi connectivity index (χ2n) is 5.77. The van der Waals surface area contributed by atoms with E-state index in [1.165, 1.54) is 4.31 Å². The van der Waals surface area contributed by atoms with Crippen molar-refractivity contribution in [2.75, 3.05) is 38.4 Å². The van der Waals surface area contributed by atoms with Gasteiger partial charge in [0, 0.05) is 38.2 Å². The maximum atomic E-state index is 12.1. The van der Waals surface area contributed by atoms with Crippen LogP contribution in [0.4, 0.5) is 5.82 Å². The summed E-state index contributed by atoms with van der Waals surface area (Å²) in [6.07, 6.45) is 0.760. The molecule has 1 aliphatic heterocycles. The second kappa shape index (κ2) is 6.89. The predicted molar refractivity (Wildman–Crippen MR) is 85.3 cm³/mol. The molecule has 1 aromatic rings. The van der Waals surface area contributed by atoms with E-state index in [-0.39, 0.29) is 17.7 Å². The summed E-state index contributed by atoms with van der Waals surface area (Å²) in [6.45, 7) is 4.85. The van der Waals surface area contributed by atoms with Crippen molar-refractivity contribution in [2.24, 2.45) is 5.92 Å². The lowest BCUT2D eigenvalue weighted by Gasteiger charge is -2.21. The molecule has 1 fully saturated rings. The van der Waals surface area contributed by atoms with Crippen LogP contribution in [0.5, 0.6) is 0 Å². The fraction of sp³-hybridized carbons (Fsp3) is 0.714. The maximum Gasteiger partial charge on any atom is 0.214 e. The van der Waals surface area contributed by atoms with Gasteiger partial charge in [0.2, 0.25) is 10.0 Å². The normalized spacial score (nSPS) is 22.2. The summed E-state index contributed by atoms with van der Waals surface area (Å²) in [7, 11) is -0.146. The molecule has 8 heteroatoms. The molecule has 1 aliphatic rings. The highest BCUT2D eigenvalue weighted by Crippen LogP contribution is 2.21. The van der Waals surface area contributed by atoms with Gasteiger partial charge in [0.25, 0.3) is 0 Å². The molecule has 2 atom stereocenters. The number of ether oxygens (including phenoxy) is 1. The molecule has 2 heterocycles. The first-order valence-electron chi connectivity index (χ1n) is 7.41. The summed E-state index contributed by atoms with van der Waals surface area (Å²) < 4.78 is 30.8. The Balaban J connectivity index is 2.10. The molecule has 0 aliphatic carbocycles. The highest BCUT2D eigenvalue weighted by molar-refractivity contribution is 7.89. The van der Waals surface area contributed by atoms with Gasteiger partial charge in [-0.05, 0) is 6.92 Å². The van der Waals surface area contributed by atoms with Crippen molar-refractivity contribution < 1.29 is 13.2 Å². The van der Waals surface area contributed by atoms with Gasteiger partial charge in [-0.1, -0.05) is 6.92 Å². The number of nitrogens with one attached hydrogen (secondary N) is 1. The Labute approximate surface area is 132 Å². The zero-order valence-electron chi connectivity index (χ0n) is 13.5. The van der Waals surface area contributed by atoms with Crippen LogP contribution in [0.25, 0.3) is 0 Å². The molecule has 7 nitrogen and oxygen atoms in total. The molecular weight excluding hydrogens is 304 g/mol. The van der Waals surface area contributed by atoms with Crippen molar-refractivity contribution in [3.05, 3.63) is 17.6 Å². The average Bonchev–Trinajstić information content (AvgIpc) is 2.84. The van der Waals surface area contributed by atoms with E-state index in [1.54, 1.807) is 14.1 Å². The predicted octanol–water partition coefficient (Wildman–Crippen LogP) is 0.666. The van der Waals surface area contributed by atoms with Gasteiger partial charge in [0.1, 0.15) is 11.6 Å². The number of nitrogens with zero attached hydrogens (tertiary/aromatic N) is 3. The quantitative estimate of drug-likeness (QED) is 0.826. The number of hydrogen-bond donors (Lipinski definition) is 1. The van der Waals surface area contributed by atoms with Gasteiger partial charge in [-0.15, -0.1) is 0 Å². The molecule has 0 radical (unpaired) electrons. The summed E-state index contributed by atoms with van der Waals surface area (Å²) in [5, 5.41) is 3.31. The van der Waals surface area contributed by atoms with Crippen LogP contribution in [-0.4, -0.2) is 61.8 Å². The smallest absolute Gasteiger partial charge is 0.214 e. The zero-order valence-corrected chi connectivity index (χ0v) is 14.4. The van der Waals surface area contributed by atoms with Crippen LogP contribution in [0, 0.1) is 12.8 Å². The maximum absolute atomic E-state index is 12.1. The van der Waals surface area contributed by atoms with Gasteiger partial charge < -0.3 is 10.1 Å². The first kappa shape index (κ1) is 17.1. The van der Waals surface area contributed by atoms with Crippen LogP contribution in [-0.2, 0) is 21.2 Å². The highest BCUT2D eigenvalue weighted by atomic mass is 32.2. The largest absolute Gasteiger partial charge is 0.379 e. The van der Waals surface area contributed by atoms with Crippen LogP contribution in [0.3, 0.4) is 0 Å². The molecule has 0 aromatic carbocycles. The molecule has 0 bridgehead atoms. The Morgan fingerprint density at radius 2 is 2.09 bits per heavy atom. The number of aromatic nitrogens is 2. The molecule has 1 aromatic heterocycles. The Morgan fingerprint density at radius 3 is 2.73 bits per heavy atom. The van der Waals surface area contributed by atoms with Gasteiger partial charge in [-0.25, -0.2) is 22.7 Å². The summed E-state index contributed by atoms with van der Waals surface area (Å²) in [5.41, 5.74) is 0.894. The molecule has 0 spiro atoms. The molecule has 2 rings (SSSR count). The zero-order chi connectivity index (χ0) is 16.3. The number of rotatable bonds is 6. The van der Waals surface area contributed by atoms with Crippen LogP contribution in [0.1, 0.15) is 18.4 Å². The minimum absolute atomic E-state index is 0.0614. The fourth-order valence-electron chi connectivity index (χ4n) is 2.39. The molecule has 124 valence electrons. The minimum Gasteiger partial charge on any atom is -0.379 e. The van der Waals surface area contributed by atoms with Crippen molar-refractivity contribution in [1.82, 2.24) is 14.3 Å². The van der Waals surface area contributed by atoms with Gasteiger partial charge in [-0.2, -0.15) is 0 Å². The number of hydrogen-bond acceptors (Lipinski definition) is 6. The van der Waals surface area contributed by atoms with E-state index >= 15 is 0 Å². The van der Waals surface area contributed by atoms with Gasteiger partial charge in [0.15, 0.2) is 0 Å². The summed E-state index contributed by atoms with van der Waals surface area (Å²) in [6, 6.07) is 1.81. The lowest BCUT2D eigenvalue weighted by atomic mass is 10.1. The Morgan fingerprint density at radius 1 is 1.36 bits per heavy atom. The third-order valence-electron chi connectivity index (χ3n) is 3.73. The van der Waals surface area contributed by atoms with E-state index in [2.05, 4.69) is 15.3 Å². The van der Waals surface area contributed by atoms with E-state index in [0.717, 1.165) is 23.8 Å². The van der Waals surface area contributed by atoms with Crippen molar-refractivity contribution in [2.45, 2.75) is 26.3 Å². The van der Waals surface area contributed by atoms with Crippen molar-refractivity contribution in [3.63, 3.8) is 0 Å². The Bertz CT molecular complexity index is 619. The summed E-state index contributed by atoms with van der Waals surface area (Å²) in [4.78, 5) is 8.79. The standard InChI is InChI=1S/C14H24N4O3S/c1-5-13-15-10(2)6-14(17-13)16-12-8-21-7-11(12)9-22(19,20)18(3)4/h6,11-12H,5,7-9H2,1-4H3,(H,15,16,17)/t11-,12+/m0/s1. The number of anilines is 1. The molecule has 22 heavy (non-hydrogen) atoms. The Kier molecular flexibility index (Phi) is 5.36. The SMILES string of the molecule is CCc1nc(C)cc(N[C@@H]2COC[C@H]2CS(=O)(=O)N(C)C)n1.